The van der Waals surface area contributed by atoms with E-state index in [-0.39, 0.29) is 0 Å². The van der Waals surface area contributed by atoms with Gasteiger partial charge in [-0.25, -0.2) is 0 Å². The fourth-order valence-corrected chi connectivity index (χ4v) is 7.78. The Hall–Kier alpha value is -0.610. The van der Waals surface area contributed by atoms with E-state index in [9.17, 15) is 0 Å². The van der Waals surface area contributed by atoms with Gasteiger partial charge in [-0.05, 0) is 18.4 Å². The molecule has 0 fully saturated rings. The normalized spacial score (nSPS) is 13.3. The van der Waals surface area contributed by atoms with E-state index in [1.165, 1.54) is 127 Å². The highest BCUT2D eigenvalue weighted by Crippen LogP contribution is 2.58. The summed E-state index contributed by atoms with van der Waals surface area (Å²) in [5, 5.41) is 0. The molecule has 1 rings (SSSR count). The van der Waals surface area contributed by atoms with Crippen LogP contribution in [-0.2, 0) is 6.16 Å². The first-order valence-electron chi connectivity index (χ1n) is 13.2. The van der Waals surface area contributed by atoms with Gasteiger partial charge in [0.2, 0.25) is 0 Å². The highest BCUT2D eigenvalue weighted by atomic mass is 31.2. The summed E-state index contributed by atoms with van der Waals surface area (Å²) in [6.45, 7) is 8.90. The van der Waals surface area contributed by atoms with Crippen molar-refractivity contribution in [2.45, 2.75) is 116 Å². The van der Waals surface area contributed by atoms with E-state index >= 15 is 0 Å². The summed E-state index contributed by atoms with van der Waals surface area (Å²) in [5.74, 6) is 0. The average Bonchev–Trinajstić information content (AvgIpc) is 2.74. The molecule has 0 nitrogen and oxygen atoms in total. The van der Waals surface area contributed by atoms with E-state index in [4.69, 9.17) is 0 Å². The van der Waals surface area contributed by atoms with E-state index in [1.807, 2.05) is 0 Å². The summed E-state index contributed by atoms with van der Waals surface area (Å²) in [5.41, 5.74) is 1.52. The molecule has 0 aromatic heterocycles. The first kappa shape index (κ1) is 27.4. The maximum absolute atomic E-state index is 4.04. The van der Waals surface area contributed by atoms with Crippen molar-refractivity contribution in [1.82, 2.24) is 0 Å². The third-order valence-corrected chi connectivity index (χ3v) is 10.2. The number of rotatable bonds is 21. The zero-order valence-corrected chi connectivity index (χ0v) is 21.4. The van der Waals surface area contributed by atoms with Crippen molar-refractivity contribution < 1.29 is 0 Å². The first-order valence-corrected chi connectivity index (χ1v) is 16.0. The smallest absolute Gasteiger partial charge is 0.0843 e. The zero-order valence-electron chi connectivity index (χ0n) is 20.6. The predicted octanol–water partition coefficient (Wildman–Crippen LogP) is 10.3. The molecule has 0 saturated heterocycles. The van der Waals surface area contributed by atoms with Gasteiger partial charge in [-0.2, -0.15) is 0 Å². The molecule has 1 aromatic carbocycles. The lowest BCUT2D eigenvalue weighted by Gasteiger charge is -2.22. The zero-order chi connectivity index (χ0) is 21.8. The Morgan fingerprint density at radius 2 is 1.10 bits per heavy atom. The molecule has 172 valence electrons. The van der Waals surface area contributed by atoms with Crippen LogP contribution in [0.5, 0.6) is 0 Å². The number of hydrogen-bond acceptors (Lipinski definition) is 0. The molecule has 0 radical (unpaired) electrons. The Balaban J connectivity index is 1.95. The van der Waals surface area contributed by atoms with Crippen LogP contribution in [0.3, 0.4) is 0 Å². The molecule has 0 spiro atoms. The molecule has 0 bridgehead atoms. The van der Waals surface area contributed by atoms with Crippen molar-refractivity contribution in [2.75, 3.05) is 19.0 Å². The van der Waals surface area contributed by atoms with Gasteiger partial charge < -0.3 is 0 Å². The van der Waals surface area contributed by atoms with E-state index in [0.29, 0.717) is 0 Å². The van der Waals surface area contributed by atoms with E-state index in [1.54, 1.807) is 0 Å². The summed E-state index contributed by atoms with van der Waals surface area (Å²) < 4.78 is 0. The SMILES string of the molecule is C=CC[P+](C)(CCCCCCCCCCCCCCCCCC)Cc1ccccc1. The number of benzene rings is 1. The Morgan fingerprint density at radius 3 is 1.53 bits per heavy atom. The highest BCUT2D eigenvalue weighted by molar-refractivity contribution is 7.74. The van der Waals surface area contributed by atoms with Crippen LogP contribution in [0.25, 0.3) is 0 Å². The molecule has 1 heteroatoms. The van der Waals surface area contributed by atoms with Crippen molar-refractivity contribution >= 4 is 7.26 Å². The second-order valence-corrected chi connectivity index (χ2v) is 14.1. The monoisotopic (exact) mass is 431 g/mol. The van der Waals surface area contributed by atoms with Crippen LogP contribution in [0.15, 0.2) is 43.0 Å². The minimum atomic E-state index is -0.898. The lowest BCUT2D eigenvalue weighted by atomic mass is 10.0. The van der Waals surface area contributed by atoms with Crippen molar-refractivity contribution in [3.63, 3.8) is 0 Å². The average molecular weight is 432 g/mol. The fraction of sp³-hybridized carbons (Fsp3) is 0.724. The van der Waals surface area contributed by atoms with Crippen LogP contribution in [0.4, 0.5) is 0 Å². The van der Waals surface area contributed by atoms with Crippen LogP contribution in [0.2, 0.25) is 0 Å². The van der Waals surface area contributed by atoms with Gasteiger partial charge in [-0.1, -0.05) is 140 Å². The quantitative estimate of drug-likeness (QED) is 0.103. The second kappa shape index (κ2) is 19.1. The van der Waals surface area contributed by atoms with Crippen molar-refractivity contribution in [2.24, 2.45) is 0 Å². The lowest BCUT2D eigenvalue weighted by molar-refractivity contribution is 0.531. The largest absolute Gasteiger partial charge is 0.0995 e. The van der Waals surface area contributed by atoms with E-state index < -0.39 is 7.26 Å². The van der Waals surface area contributed by atoms with Crippen LogP contribution < -0.4 is 0 Å². The Morgan fingerprint density at radius 1 is 0.667 bits per heavy atom. The number of unbranched alkanes of at least 4 members (excludes halogenated alkanes) is 15. The summed E-state index contributed by atoms with van der Waals surface area (Å²) in [7, 11) is -0.898. The minimum absolute atomic E-state index is 0.898. The summed E-state index contributed by atoms with van der Waals surface area (Å²) in [6.07, 6.45) is 29.4. The molecule has 1 unspecified atom stereocenters. The van der Waals surface area contributed by atoms with Gasteiger partial charge in [-0.15, -0.1) is 0 Å². The fourth-order valence-electron chi connectivity index (χ4n) is 4.61. The maximum atomic E-state index is 4.04. The molecule has 1 atom stereocenters. The Kier molecular flexibility index (Phi) is 17.5. The summed E-state index contributed by atoms with van der Waals surface area (Å²) >= 11 is 0. The summed E-state index contributed by atoms with van der Waals surface area (Å²) in [4.78, 5) is 0. The number of hydrogen-bond donors (Lipinski definition) is 0. The van der Waals surface area contributed by atoms with Crippen LogP contribution >= 0.6 is 7.26 Å². The molecule has 0 amide bonds. The van der Waals surface area contributed by atoms with Crippen molar-refractivity contribution in [3.8, 4) is 0 Å². The predicted molar refractivity (Wildman–Crippen MR) is 142 cm³/mol. The third kappa shape index (κ3) is 15.2. The molecule has 0 aliphatic rings. The molecule has 0 heterocycles. The first-order chi connectivity index (χ1) is 14.7. The Labute approximate surface area is 190 Å². The van der Waals surface area contributed by atoms with E-state index in [0.717, 1.165) is 0 Å². The molecule has 0 aliphatic carbocycles. The van der Waals surface area contributed by atoms with Crippen LogP contribution in [0.1, 0.15) is 115 Å². The molecule has 0 N–H and O–H groups in total. The molecule has 0 saturated carbocycles. The van der Waals surface area contributed by atoms with Crippen molar-refractivity contribution in [1.29, 1.82) is 0 Å². The second-order valence-electron chi connectivity index (χ2n) is 9.76. The minimum Gasteiger partial charge on any atom is -0.0995 e. The van der Waals surface area contributed by atoms with Crippen molar-refractivity contribution in [3.05, 3.63) is 48.6 Å². The summed E-state index contributed by atoms with van der Waals surface area (Å²) in [6, 6.07) is 11.1. The van der Waals surface area contributed by atoms with Gasteiger partial charge in [0.15, 0.2) is 0 Å². The third-order valence-electron chi connectivity index (χ3n) is 6.53. The standard InChI is InChI=1S/C29H52P/c1-4-6-7-8-9-10-11-12-13-14-15-16-17-18-19-23-27-30(3,26-5-2)28-29-24-21-20-22-25-29/h5,20-22,24-25H,2,4,6-19,23,26-28H2,1,3H3/q+1. The van der Waals surface area contributed by atoms with Gasteiger partial charge in [-0.3, -0.25) is 0 Å². The molecular formula is C29H52P+. The molecule has 30 heavy (non-hydrogen) atoms. The van der Waals surface area contributed by atoms with Gasteiger partial charge in [0.05, 0.1) is 18.5 Å². The van der Waals surface area contributed by atoms with Gasteiger partial charge in [0.25, 0.3) is 0 Å². The van der Waals surface area contributed by atoms with Gasteiger partial charge >= 0.3 is 0 Å². The molecule has 0 aliphatic heterocycles. The lowest BCUT2D eigenvalue weighted by Crippen LogP contribution is -2.04. The molecule has 1 aromatic rings. The van der Waals surface area contributed by atoms with Gasteiger partial charge in [0, 0.05) is 13.9 Å². The van der Waals surface area contributed by atoms with Crippen LogP contribution in [-0.4, -0.2) is 19.0 Å². The molecular weight excluding hydrogens is 379 g/mol. The number of allylic oxidation sites excluding steroid dienone is 1. The highest BCUT2D eigenvalue weighted by Gasteiger charge is 2.29. The topological polar surface area (TPSA) is 0 Å². The van der Waals surface area contributed by atoms with E-state index in [2.05, 4.69) is 56.6 Å². The van der Waals surface area contributed by atoms with Gasteiger partial charge in [0.1, 0.15) is 0 Å². The van der Waals surface area contributed by atoms with Crippen LogP contribution in [0, 0.1) is 0 Å². The maximum Gasteiger partial charge on any atom is 0.0843 e. The Bertz CT molecular complexity index is 494.